The second kappa shape index (κ2) is 8.06. The number of carbonyl (C=O) groups excluding carboxylic acids is 1. The van der Waals surface area contributed by atoms with Gasteiger partial charge in [-0.1, -0.05) is 37.1 Å². The smallest absolute Gasteiger partial charge is 0.319 e. The Labute approximate surface area is 164 Å². The van der Waals surface area contributed by atoms with E-state index in [0.29, 0.717) is 39.6 Å². The van der Waals surface area contributed by atoms with Gasteiger partial charge in [0.15, 0.2) is 0 Å². The van der Waals surface area contributed by atoms with Gasteiger partial charge in [0.1, 0.15) is 5.69 Å². The van der Waals surface area contributed by atoms with Gasteiger partial charge in [0.2, 0.25) is 0 Å². The van der Waals surface area contributed by atoms with E-state index in [-0.39, 0.29) is 5.91 Å². The molecule has 0 aliphatic heterocycles. The summed E-state index contributed by atoms with van der Waals surface area (Å²) in [7, 11) is 0. The number of alkyl halides is 3. The summed E-state index contributed by atoms with van der Waals surface area (Å²) >= 11 is 5.85. The van der Waals surface area contributed by atoms with Crippen molar-refractivity contribution in [1.29, 1.82) is 0 Å². The maximum absolute atomic E-state index is 12.8. The third kappa shape index (κ3) is 4.36. The molecule has 0 aliphatic carbocycles. The molecule has 0 atom stereocenters. The molecule has 3 rings (SSSR count). The van der Waals surface area contributed by atoms with Gasteiger partial charge in [0.05, 0.1) is 16.9 Å². The van der Waals surface area contributed by atoms with Gasteiger partial charge in [-0.3, -0.25) is 9.89 Å². The SMILES string of the molecule is CCCc1[nH]nc(-c2ccc(C(F)(F)F)cc2)c1NC(=O)c1ccc(Cl)cc1. The molecule has 0 radical (unpaired) electrons. The monoisotopic (exact) mass is 407 g/mol. The van der Waals surface area contributed by atoms with E-state index in [9.17, 15) is 18.0 Å². The molecule has 28 heavy (non-hydrogen) atoms. The average molecular weight is 408 g/mol. The number of nitrogens with zero attached hydrogens (tertiary/aromatic N) is 1. The van der Waals surface area contributed by atoms with Gasteiger partial charge < -0.3 is 5.32 Å². The van der Waals surface area contributed by atoms with Gasteiger partial charge in [-0.15, -0.1) is 0 Å². The number of aromatic amines is 1. The minimum absolute atomic E-state index is 0.358. The number of rotatable bonds is 5. The van der Waals surface area contributed by atoms with Gasteiger partial charge in [-0.05, 0) is 42.8 Å². The third-order valence-corrected chi connectivity index (χ3v) is 4.42. The van der Waals surface area contributed by atoms with E-state index in [2.05, 4.69) is 15.5 Å². The number of amides is 1. The zero-order chi connectivity index (χ0) is 20.3. The summed E-state index contributed by atoms with van der Waals surface area (Å²) in [5, 5.41) is 10.4. The van der Waals surface area contributed by atoms with Crippen LogP contribution in [0.3, 0.4) is 0 Å². The van der Waals surface area contributed by atoms with Crippen LogP contribution in [0.4, 0.5) is 18.9 Å². The normalized spacial score (nSPS) is 11.5. The lowest BCUT2D eigenvalue weighted by molar-refractivity contribution is -0.137. The first-order valence-electron chi connectivity index (χ1n) is 8.61. The zero-order valence-corrected chi connectivity index (χ0v) is 15.7. The van der Waals surface area contributed by atoms with E-state index in [0.717, 1.165) is 18.6 Å². The van der Waals surface area contributed by atoms with E-state index >= 15 is 0 Å². The molecular formula is C20H17ClF3N3O. The van der Waals surface area contributed by atoms with Crippen LogP contribution in [0.5, 0.6) is 0 Å². The molecule has 0 aliphatic rings. The van der Waals surface area contributed by atoms with Crippen molar-refractivity contribution >= 4 is 23.2 Å². The van der Waals surface area contributed by atoms with Crippen LogP contribution in [0.1, 0.15) is 35.0 Å². The number of anilines is 1. The van der Waals surface area contributed by atoms with Crippen molar-refractivity contribution in [1.82, 2.24) is 10.2 Å². The minimum Gasteiger partial charge on any atom is -0.319 e. The maximum Gasteiger partial charge on any atom is 0.416 e. The lowest BCUT2D eigenvalue weighted by atomic mass is 10.1. The summed E-state index contributed by atoms with van der Waals surface area (Å²) in [6, 6.07) is 11.1. The Morgan fingerprint density at radius 1 is 1.11 bits per heavy atom. The Bertz CT molecular complexity index is 964. The van der Waals surface area contributed by atoms with Crippen molar-refractivity contribution in [3.05, 3.63) is 70.4 Å². The van der Waals surface area contributed by atoms with Crippen LogP contribution >= 0.6 is 11.6 Å². The highest BCUT2D eigenvalue weighted by Gasteiger charge is 2.30. The van der Waals surface area contributed by atoms with Gasteiger partial charge in [0.25, 0.3) is 5.91 Å². The number of H-pyrrole nitrogens is 1. The summed E-state index contributed by atoms with van der Waals surface area (Å²) in [5.41, 5.74) is 1.69. The van der Waals surface area contributed by atoms with Crippen molar-refractivity contribution < 1.29 is 18.0 Å². The molecule has 8 heteroatoms. The van der Waals surface area contributed by atoms with Crippen molar-refractivity contribution in [3.8, 4) is 11.3 Å². The van der Waals surface area contributed by atoms with E-state index in [1.54, 1.807) is 24.3 Å². The van der Waals surface area contributed by atoms with E-state index in [4.69, 9.17) is 11.6 Å². The lowest BCUT2D eigenvalue weighted by Crippen LogP contribution is -2.13. The number of aromatic nitrogens is 2. The predicted molar refractivity (Wildman–Crippen MR) is 102 cm³/mol. The Hall–Kier alpha value is -2.80. The molecule has 3 aromatic rings. The molecule has 0 saturated heterocycles. The first kappa shape index (κ1) is 19.9. The zero-order valence-electron chi connectivity index (χ0n) is 14.9. The third-order valence-electron chi connectivity index (χ3n) is 4.17. The molecular weight excluding hydrogens is 391 g/mol. The molecule has 1 aromatic heterocycles. The summed E-state index contributed by atoms with van der Waals surface area (Å²) in [6.07, 6.45) is -2.98. The van der Waals surface area contributed by atoms with Crippen LogP contribution < -0.4 is 5.32 Å². The summed E-state index contributed by atoms with van der Waals surface area (Å²) in [4.78, 5) is 12.6. The highest BCUT2D eigenvalue weighted by atomic mass is 35.5. The van der Waals surface area contributed by atoms with Crippen LogP contribution in [-0.4, -0.2) is 16.1 Å². The molecule has 0 unspecified atom stereocenters. The number of hydrogen-bond donors (Lipinski definition) is 2. The number of carbonyl (C=O) groups is 1. The van der Waals surface area contributed by atoms with Crippen LogP contribution in [0, 0.1) is 0 Å². The fourth-order valence-electron chi connectivity index (χ4n) is 2.76. The first-order chi connectivity index (χ1) is 13.3. The van der Waals surface area contributed by atoms with E-state index in [1.807, 2.05) is 6.92 Å². The van der Waals surface area contributed by atoms with Gasteiger partial charge in [0, 0.05) is 16.1 Å². The largest absolute Gasteiger partial charge is 0.416 e. The molecule has 0 bridgehead atoms. The van der Waals surface area contributed by atoms with Crippen LogP contribution in [0.2, 0.25) is 5.02 Å². The number of nitrogens with one attached hydrogen (secondary N) is 2. The maximum atomic E-state index is 12.8. The minimum atomic E-state index is -4.41. The quantitative estimate of drug-likeness (QED) is 0.548. The van der Waals surface area contributed by atoms with E-state index < -0.39 is 11.7 Å². The second-order valence-electron chi connectivity index (χ2n) is 6.21. The summed E-state index contributed by atoms with van der Waals surface area (Å²) in [6.45, 7) is 1.98. The number of benzene rings is 2. The molecule has 146 valence electrons. The Balaban J connectivity index is 1.94. The van der Waals surface area contributed by atoms with Gasteiger partial charge in [-0.2, -0.15) is 18.3 Å². The van der Waals surface area contributed by atoms with Gasteiger partial charge >= 0.3 is 6.18 Å². The standard InChI is InChI=1S/C20H17ClF3N3O/c1-2-3-16-18(25-19(28)13-6-10-15(21)11-7-13)17(27-26-16)12-4-8-14(9-5-12)20(22,23)24/h4-11H,2-3H2,1H3,(H,25,28)(H,26,27). The fraction of sp³-hybridized carbons (Fsp3) is 0.200. The van der Waals surface area contributed by atoms with Crippen molar-refractivity contribution in [2.24, 2.45) is 0 Å². The Morgan fingerprint density at radius 2 is 1.75 bits per heavy atom. The van der Waals surface area contributed by atoms with Crippen molar-refractivity contribution in [2.45, 2.75) is 25.9 Å². The average Bonchev–Trinajstić information content (AvgIpc) is 3.04. The topological polar surface area (TPSA) is 57.8 Å². The van der Waals surface area contributed by atoms with Crippen LogP contribution in [0.25, 0.3) is 11.3 Å². The van der Waals surface area contributed by atoms with E-state index in [1.165, 1.54) is 12.1 Å². The predicted octanol–water partition coefficient (Wildman–Crippen LogP) is 5.95. The summed E-state index contributed by atoms with van der Waals surface area (Å²) in [5.74, 6) is -0.358. The van der Waals surface area contributed by atoms with Crippen LogP contribution in [0.15, 0.2) is 48.5 Å². The molecule has 0 spiro atoms. The molecule has 2 aromatic carbocycles. The second-order valence-corrected chi connectivity index (χ2v) is 6.65. The fourth-order valence-corrected chi connectivity index (χ4v) is 2.88. The van der Waals surface area contributed by atoms with Crippen LogP contribution in [-0.2, 0) is 12.6 Å². The molecule has 1 heterocycles. The van der Waals surface area contributed by atoms with Gasteiger partial charge in [-0.25, -0.2) is 0 Å². The number of halogens is 4. The Morgan fingerprint density at radius 3 is 2.32 bits per heavy atom. The highest BCUT2D eigenvalue weighted by Crippen LogP contribution is 2.34. The number of aryl methyl sites for hydroxylation is 1. The Kier molecular flexibility index (Phi) is 5.74. The molecule has 0 fully saturated rings. The van der Waals surface area contributed by atoms with Crippen molar-refractivity contribution in [3.63, 3.8) is 0 Å². The molecule has 0 saturated carbocycles. The molecule has 2 N–H and O–H groups in total. The highest BCUT2D eigenvalue weighted by molar-refractivity contribution is 6.30. The molecule has 4 nitrogen and oxygen atoms in total. The summed E-state index contributed by atoms with van der Waals surface area (Å²) < 4.78 is 38.4. The van der Waals surface area contributed by atoms with Crippen molar-refractivity contribution in [2.75, 3.05) is 5.32 Å². The molecule has 1 amide bonds. The lowest BCUT2D eigenvalue weighted by Gasteiger charge is -2.10. The first-order valence-corrected chi connectivity index (χ1v) is 8.99. The number of hydrogen-bond acceptors (Lipinski definition) is 2.